The molecule has 1 aromatic rings. The first-order chi connectivity index (χ1) is 7.68. The van der Waals surface area contributed by atoms with E-state index in [1.807, 2.05) is 6.92 Å². The Balaban J connectivity index is 1.79. The molecule has 5 heteroatoms. The Morgan fingerprint density at radius 1 is 1.50 bits per heavy atom. The number of ether oxygens (including phenoxy) is 1. The van der Waals surface area contributed by atoms with Crippen LogP contribution in [0.1, 0.15) is 31.5 Å². The van der Waals surface area contributed by atoms with Gasteiger partial charge in [0, 0.05) is 12.5 Å². The van der Waals surface area contributed by atoms with Crippen molar-refractivity contribution in [2.75, 3.05) is 13.2 Å². The highest BCUT2D eigenvalue weighted by molar-refractivity contribution is 5.11. The first-order valence-electron chi connectivity index (χ1n) is 5.85. The van der Waals surface area contributed by atoms with E-state index in [0.717, 1.165) is 18.2 Å². The van der Waals surface area contributed by atoms with E-state index in [2.05, 4.69) is 10.1 Å². The predicted molar refractivity (Wildman–Crippen MR) is 56.9 cm³/mol. The van der Waals surface area contributed by atoms with Crippen molar-refractivity contribution in [2.24, 2.45) is 11.7 Å². The van der Waals surface area contributed by atoms with Gasteiger partial charge in [0.2, 0.25) is 5.89 Å². The minimum atomic E-state index is -0.311. The third kappa shape index (κ3) is 1.64. The molecule has 0 bridgehead atoms. The smallest absolute Gasteiger partial charge is 0.236 e. The van der Waals surface area contributed by atoms with Crippen molar-refractivity contribution in [1.29, 1.82) is 0 Å². The third-order valence-electron chi connectivity index (χ3n) is 3.64. The fourth-order valence-corrected chi connectivity index (χ4v) is 2.06. The van der Waals surface area contributed by atoms with E-state index in [4.69, 9.17) is 15.0 Å². The average Bonchev–Trinajstić information content (AvgIpc) is 2.81. The Morgan fingerprint density at radius 3 is 2.94 bits per heavy atom. The van der Waals surface area contributed by atoms with Crippen LogP contribution in [0.4, 0.5) is 0 Å². The summed E-state index contributed by atoms with van der Waals surface area (Å²) >= 11 is 0. The third-order valence-corrected chi connectivity index (χ3v) is 3.64. The largest absolute Gasteiger partial charge is 0.379 e. The van der Waals surface area contributed by atoms with Gasteiger partial charge in [-0.3, -0.25) is 0 Å². The van der Waals surface area contributed by atoms with Crippen LogP contribution in [0, 0.1) is 5.92 Å². The van der Waals surface area contributed by atoms with Gasteiger partial charge in [-0.2, -0.15) is 4.98 Å². The minimum absolute atomic E-state index is 0.0540. The van der Waals surface area contributed by atoms with Crippen molar-refractivity contribution in [3.8, 4) is 0 Å². The lowest BCUT2D eigenvalue weighted by Crippen LogP contribution is -2.42. The Labute approximate surface area is 94.3 Å². The molecule has 1 saturated carbocycles. The molecule has 88 valence electrons. The summed E-state index contributed by atoms with van der Waals surface area (Å²) in [7, 11) is 0. The summed E-state index contributed by atoms with van der Waals surface area (Å²) in [4.78, 5) is 4.46. The van der Waals surface area contributed by atoms with Gasteiger partial charge in [-0.25, -0.2) is 0 Å². The first kappa shape index (κ1) is 10.2. The summed E-state index contributed by atoms with van der Waals surface area (Å²) < 4.78 is 10.7. The first-order valence-corrected chi connectivity index (χ1v) is 5.85. The maximum atomic E-state index is 6.02. The van der Waals surface area contributed by atoms with Gasteiger partial charge in [0.15, 0.2) is 5.82 Å². The van der Waals surface area contributed by atoms with E-state index in [1.54, 1.807) is 0 Å². The SMILES string of the molecule is CC1(c2nc(CC3CC3)no2)COCC1N. The van der Waals surface area contributed by atoms with Crippen molar-refractivity contribution in [1.82, 2.24) is 10.1 Å². The molecular formula is C11H17N3O2. The van der Waals surface area contributed by atoms with Gasteiger partial charge in [-0.15, -0.1) is 0 Å². The molecule has 0 aromatic carbocycles. The average molecular weight is 223 g/mol. The Kier molecular flexibility index (Phi) is 2.26. The van der Waals surface area contributed by atoms with Crippen LogP contribution in [-0.2, 0) is 16.6 Å². The normalized spacial score (nSPS) is 34.5. The zero-order valence-electron chi connectivity index (χ0n) is 9.48. The molecular weight excluding hydrogens is 206 g/mol. The molecule has 5 nitrogen and oxygen atoms in total. The molecule has 1 aromatic heterocycles. The molecule has 2 aliphatic rings. The molecule has 1 aliphatic heterocycles. The molecule has 1 aliphatic carbocycles. The summed E-state index contributed by atoms with van der Waals surface area (Å²) in [5.74, 6) is 2.22. The summed E-state index contributed by atoms with van der Waals surface area (Å²) in [6.07, 6.45) is 3.53. The van der Waals surface area contributed by atoms with Crippen LogP contribution < -0.4 is 5.73 Å². The quantitative estimate of drug-likeness (QED) is 0.813. The zero-order valence-corrected chi connectivity index (χ0v) is 9.48. The lowest BCUT2D eigenvalue weighted by molar-refractivity contribution is 0.169. The van der Waals surface area contributed by atoms with Crippen LogP contribution in [0.25, 0.3) is 0 Å². The minimum Gasteiger partial charge on any atom is -0.379 e. The highest BCUT2D eigenvalue weighted by Gasteiger charge is 2.44. The second-order valence-electron chi connectivity index (χ2n) is 5.20. The van der Waals surface area contributed by atoms with Crippen molar-refractivity contribution in [3.63, 3.8) is 0 Å². The van der Waals surface area contributed by atoms with Crippen LogP contribution in [0.2, 0.25) is 0 Å². The molecule has 16 heavy (non-hydrogen) atoms. The van der Waals surface area contributed by atoms with Crippen molar-refractivity contribution >= 4 is 0 Å². The molecule has 0 amide bonds. The number of hydrogen-bond acceptors (Lipinski definition) is 5. The van der Waals surface area contributed by atoms with Gasteiger partial charge >= 0.3 is 0 Å². The van der Waals surface area contributed by atoms with Gasteiger partial charge in [-0.05, 0) is 25.7 Å². The number of aromatic nitrogens is 2. The van der Waals surface area contributed by atoms with E-state index >= 15 is 0 Å². The second-order valence-corrected chi connectivity index (χ2v) is 5.20. The van der Waals surface area contributed by atoms with E-state index in [-0.39, 0.29) is 11.5 Å². The highest BCUT2D eigenvalue weighted by Crippen LogP contribution is 2.34. The Hall–Kier alpha value is -0.940. The molecule has 0 radical (unpaired) electrons. The molecule has 0 spiro atoms. The van der Waals surface area contributed by atoms with Gasteiger partial charge in [0.25, 0.3) is 0 Å². The number of nitrogens with zero attached hydrogens (tertiary/aromatic N) is 2. The number of hydrogen-bond donors (Lipinski definition) is 1. The number of rotatable bonds is 3. The van der Waals surface area contributed by atoms with Crippen molar-refractivity contribution in [2.45, 2.75) is 37.6 Å². The fourth-order valence-electron chi connectivity index (χ4n) is 2.06. The highest BCUT2D eigenvalue weighted by atomic mass is 16.5. The number of nitrogens with two attached hydrogens (primary N) is 1. The van der Waals surface area contributed by atoms with Gasteiger partial charge in [0.05, 0.1) is 18.6 Å². The lowest BCUT2D eigenvalue weighted by Gasteiger charge is -2.21. The summed E-state index contributed by atoms with van der Waals surface area (Å²) in [6.45, 7) is 3.16. The monoisotopic (exact) mass is 223 g/mol. The van der Waals surface area contributed by atoms with E-state index < -0.39 is 0 Å². The molecule has 2 fully saturated rings. The van der Waals surface area contributed by atoms with Crippen LogP contribution in [0.15, 0.2) is 4.52 Å². The van der Waals surface area contributed by atoms with E-state index in [9.17, 15) is 0 Å². The van der Waals surface area contributed by atoms with Crippen molar-refractivity contribution in [3.05, 3.63) is 11.7 Å². The summed E-state index contributed by atoms with van der Waals surface area (Å²) in [5, 5.41) is 4.02. The molecule has 2 heterocycles. The molecule has 2 unspecified atom stereocenters. The van der Waals surface area contributed by atoms with Crippen LogP contribution in [0.5, 0.6) is 0 Å². The summed E-state index contributed by atoms with van der Waals surface area (Å²) in [5.41, 5.74) is 5.70. The maximum absolute atomic E-state index is 6.02. The second kappa shape index (κ2) is 3.53. The Morgan fingerprint density at radius 2 is 2.31 bits per heavy atom. The molecule has 1 saturated heterocycles. The van der Waals surface area contributed by atoms with Crippen LogP contribution in [0.3, 0.4) is 0 Å². The van der Waals surface area contributed by atoms with E-state index in [0.29, 0.717) is 19.1 Å². The van der Waals surface area contributed by atoms with E-state index in [1.165, 1.54) is 12.8 Å². The topological polar surface area (TPSA) is 74.2 Å². The predicted octanol–water partition coefficient (Wildman–Crippen LogP) is 0.637. The molecule has 2 N–H and O–H groups in total. The van der Waals surface area contributed by atoms with Crippen LogP contribution >= 0.6 is 0 Å². The standard InChI is InChI=1S/C11H17N3O2/c1-11(6-15-5-8(11)12)10-13-9(14-16-10)4-7-2-3-7/h7-8H,2-6,12H2,1H3. The zero-order chi connectivity index (χ0) is 11.2. The van der Waals surface area contributed by atoms with Crippen LogP contribution in [-0.4, -0.2) is 29.4 Å². The maximum Gasteiger partial charge on any atom is 0.236 e. The molecule has 3 rings (SSSR count). The lowest BCUT2D eigenvalue weighted by atomic mass is 9.86. The fraction of sp³-hybridized carbons (Fsp3) is 0.818. The van der Waals surface area contributed by atoms with Gasteiger partial charge in [-0.1, -0.05) is 5.16 Å². The van der Waals surface area contributed by atoms with Gasteiger partial charge in [0.1, 0.15) is 0 Å². The Bertz CT molecular complexity index is 388. The van der Waals surface area contributed by atoms with Gasteiger partial charge < -0.3 is 15.0 Å². The molecule has 2 atom stereocenters. The summed E-state index contributed by atoms with van der Waals surface area (Å²) in [6, 6.07) is -0.0540. The van der Waals surface area contributed by atoms with Crippen molar-refractivity contribution < 1.29 is 9.26 Å².